The first kappa shape index (κ1) is 20.1. The van der Waals surface area contributed by atoms with Gasteiger partial charge in [0.05, 0.1) is 19.7 Å². The van der Waals surface area contributed by atoms with Gasteiger partial charge in [0.15, 0.2) is 0 Å². The van der Waals surface area contributed by atoms with E-state index in [1.807, 2.05) is 11.8 Å². The topological polar surface area (TPSA) is 65.1 Å². The molecule has 0 saturated carbocycles. The highest BCUT2D eigenvalue weighted by Gasteiger charge is 2.23. The summed E-state index contributed by atoms with van der Waals surface area (Å²) in [5.41, 5.74) is 0. The van der Waals surface area contributed by atoms with Gasteiger partial charge in [0.1, 0.15) is 0 Å². The summed E-state index contributed by atoms with van der Waals surface area (Å²) in [4.78, 5) is 30.9. The van der Waals surface area contributed by atoms with Crippen LogP contribution in [-0.4, -0.2) is 98.6 Å². The number of piperazine rings is 1. The van der Waals surface area contributed by atoms with Gasteiger partial charge in [0, 0.05) is 52.4 Å². The van der Waals surface area contributed by atoms with E-state index in [4.69, 9.17) is 4.74 Å². The van der Waals surface area contributed by atoms with Crippen molar-refractivity contribution in [2.75, 3.05) is 66.1 Å². The average molecular weight is 354 g/mol. The number of amides is 2. The van der Waals surface area contributed by atoms with Crippen molar-refractivity contribution in [3.63, 3.8) is 0 Å². The van der Waals surface area contributed by atoms with Gasteiger partial charge in [0.25, 0.3) is 0 Å². The van der Waals surface area contributed by atoms with Gasteiger partial charge in [-0.05, 0) is 19.8 Å². The maximum absolute atomic E-state index is 12.5. The summed E-state index contributed by atoms with van der Waals surface area (Å²) in [6.07, 6.45) is 4.76. The fraction of sp³-hybridized carbons (Fsp3) is 0.889. The van der Waals surface area contributed by atoms with Crippen molar-refractivity contribution < 1.29 is 14.3 Å². The molecule has 0 bridgehead atoms. The van der Waals surface area contributed by atoms with Crippen LogP contribution in [0.25, 0.3) is 0 Å². The number of hydrogen-bond acceptors (Lipinski definition) is 5. The first-order chi connectivity index (χ1) is 12.1. The predicted octanol–water partition coefficient (Wildman–Crippen LogP) is 0.158. The first-order valence-corrected chi connectivity index (χ1v) is 9.59. The number of carbonyl (C=O) groups is 2. The van der Waals surface area contributed by atoms with Crippen molar-refractivity contribution in [1.29, 1.82) is 0 Å². The van der Waals surface area contributed by atoms with Crippen LogP contribution in [0.1, 0.15) is 32.6 Å². The standard InChI is InChI=1S/C18H34N4O3/c1-16(15-25-2)19-17(23)13-20-9-11-21(12-10-20)14-18(24)22-7-5-3-4-6-8-22/h16H,3-15H2,1-2H3,(H,19,23). The van der Waals surface area contributed by atoms with E-state index in [-0.39, 0.29) is 17.9 Å². The van der Waals surface area contributed by atoms with E-state index in [2.05, 4.69) is 15.1 Å². The van der Waals surface area contributed by atoms with Crippen LogP contribution < -0.4 is 5.32 Å². The lowest BCUT2D eigenvalue weighted by atomic mass is 10.2. The molecule has 1 N–H and O–H groups in total. The maximum atomic E-state index is 12.5. The molecule has 2 fully saturated rings. The lowest BCUT2D eigenvalue weighted by Gasteiger charge is -2.35. The van der Waals surface area contributed by atoms with Gasteiger partial charge in [-0.25, -0.2) is 0 Å². The Kier molecular flexibility index (Phi) is 8.64. The minimum absolute atomic E-state index is 0.0324. The summed E-state index contributed by atoms with van der Waals surface area (Å²) in [5.74, 6) is 0.306. The third kappa shape index (κ3) is 7.30. The smallest absolute Gasteiger partial charge is 0.236 e. The van der Waals surface area contributed by atoms with Crippen LogP contribution in [-0.2, 0) is 14.3 Å². The normalized spacial score (nSPS) is 21.6. The monoisotopic (exact) mass is 354 g/mol. The number of methoxy groups -OCH3 is 1. The molecule has 2 amide bonds. The minimum Gasteiger partial charge on any atom is -0.383 e. The molecule has 0 aromatic rings. The number of ether oxygens (including phenoxy) is 1. The molecule has 1 atom stereocenters. The third-order valence-corrected chi connectivity index (χ3v) is 4.97. The summed E-state index contributed by atoms with van der Waals surface area (Å²) in [6, 6.07) is 0.0324. The molecule has 0 aromatic heterocycles. The van der Waals surface area contributed by atoms with E-state index < -0.39 is 0 Å². The Hall–Kier alpha value is -1.18. The SMILES string of the molecule is COCC(C)NC(=O)CN1CCN(CC(=O)N2CCCCCC2)CC1. The third-order valence-electron chi connectivity index (χ3n) is 4.97. The van der Waals surface area contributed by atoms with Crippen LogP contribution >= 0.6 is 0 Å². The quantitative estimate of drug-likeness (QED) is 0.705. The van der Waals surface area contributed by atoms with Gasteiger partial charge >= 0.3 is 0 Å². The summed E-state index contributed by atoms with van der Waals surface area (Å²) in [5, 5.41) is 2.94. The molecule has 2 heterocycles. The van der Waals surface area contributed by atoms with Crippen molar-refractivity contribution in [3.8, 4) is 0 Å². The highest BCUT2D eigenvalue weighted by atomic mass is 16.5. The van der Waals surface area contributed by atoms with Crippen LogP contribution in [0.2, 0.25) is 0 Å². The Balaban J connectivity index is 1.65. The largest absolute Gasteiger partial charge is 0.383 e. The van der Waals surface area contributed by atoms with Crippen LogP contribution in [0.3, 0.4) is 0 Å². The Labute approximate surface area is 151 Å². The van der Waals surface area contributed by atoms with Crippen molar-refractivity contribution in [3.05, 3.63) is 0 Å². The summed E-state index contributed by atoms with van der Waals surface area (Å²) < 4.78 is 5.03. The molecule has 7 heteroatoms. The zero-order valence-electron chi connectivity index (χ0n) is 15.8. The van der Waals surface area contributed by atoms with Crippen LogP contribution in [0.15, 0.2) is 0 Å². The van der Waals surface area contributed by atoms with Gasteiger partial charge in [-0.15, -0.1) is 0 Å². The van der Waals surface area contributed by atoms with Crippen LogP contribution in [0.4, 0.5) is 0 Å². The summed E-state index contributed by atoms with van der Waals surface area (Å²) in [6.45, 7) is 8.59. The van der Waals surface area contributed by atoms with Crippen molar-refractivity contribution >= 4 is 11.8 Å². The fourth-order valence-electron chi connectivity index (χ4n) is 3.53. The molecule has 2 rings (SSSR count). The van der Waals surface area contributed by atoms with Crippen molar-refractivity contribution in [2.24, 2.45) is 0 Å². The molecule has 1 unspecified atom stereocenters. The Morgan fingerprint density at radius 1 is 0.920 bits per heavy atom. The minimum atomic E-state index is 0.0324. The van der Waals surface area contributed by atoms with Gasteiger partial charge < -0.3 is 15.0 Å². The first-order valence-electron chi connectivity index (χ1n) is 9.59. The predicted molar refractivity (Wildman–Crippen MR) is 97.4 cm³/mol. The van der Waals surface area contributed by atoms with E-state index in [1.54, 1.807) is 7.11 Å². The summed E-state index contributed by atoms with van der Waals surface area (Å²) in [7, 11) is 1.63. The second-order valence-corrected chi connectivity index (χ2v) is 7.27. The molecule has 144 valence electrons. The lowest BCUT2D eigenvalue weighted by molar-refractivity contribution is -0.133. The van der Waals surface area contributed by atoms with Gasteiger partial charge in [0.2, 0.25) is 11.8 Å². The zero-order chi connectivity index (χ0) is 18.1. The molecule has 2 aliphatic heterocycles. The Bertz CT molecular complexity index is 417. The molecule has 0 aromatic carbocycles. The molecular formula is C18H34N4O3. The highest BCUT2D eigenvalue weighted by Crippen LogP contribution is 2.10. The number of nitrogens with zero attached hydrogens (tertiary/aromatic N) is 3. The van der Waals surface area contributed by atoms with E-state index in [9.17, 15) is 9.59 Å². The second kappa shape index (κ2) is 10.7. The number of likely N-dealkylation sites (tertiary alicyclic amines) is 1. The lowest BCUT2D eigenvalue weighted by Crippen LogP contribution is -2.52. The summed E-state index contributed by atoms with van der Waals surface area (Å²) >= 11 is 0. The molecular weight excluding hydrogens is 320 g/mol. The number of nitrogens with one attached hydrogen (secondary N) is 1. The fourth-order valence-corrected chi connectivity index (χ4v) is 3.53. The Morgan fingerprint density at radius 2 is 1.48 bits per heavy atom. The zero-order valence-corrected chi connectivity index (χ0v) is 15.8. The van der Waals surface area contributed by atoms with E-state index in [0.717, 1.165) is 52.1 Å². The van der Waals surface area contributed by atoms with Crippen LogP contribution in [0.5, 0.6) is 0 Å². The maximum Gasteiger partial charge on any atom is 0.236 e. The number of hydrogen-bond donors (Lipinski definition) is 1. The molecule has 2 aliphatic rings. The molecule has 2 saturated heterocycles. The van der Waals surface area contributed by atoms with Crippen molar-refractivity contribution in [1.82, 2.24) is 20.0 Å². The van der Waals surface area contributed by atoms with Gasteiger partial charge in [-0.2, -0.15) is 0 Å². The average Bonchev–Trinajstić information content (AvgIpc) is 2.86. The number of carbonyl (C=O) groups excluding carboxylic acids is 2. The molecule has 7 nitrogen and oxygen atoms in total. The molecule has 25 heavy (non-hydrogen) atoms. The molecule has 0 aliphatic carbocycles. The van der Waals surface area contributed by atoms with E-state index >= 15 is 0 Å². The second-order valence-electron chi connectivity index (χ2n) is 7.27. The Morgan fingerprint density at radius 3 is 2.04 bits per heavy atom. The van der Waals surface area contributed by atoms with Gasteiger partial charge in [-0.3, -0.25) is 19.4 Å². The van der Waals surface area contributed by atoms with E-state index in [0.29, 0.717) is 19.7 Å². The van der Waals surface area contributed by atoms with Crippen molar-refractivity contribution in [2.45, 2.75) is 38.6 Å². The molecule has 0 radical (unpaired) electrons. The molecule has 0 spiro atoms. The number of rotatable bonds is 7. The highest BCUT2D eigenvalue weighted by molar-refractivity contribution is 5.79. The van der Waals surface area contributed by atoms with E-state index in [1.165, 1.54) is 12.8 Å². The van der Waals surface area contributed by atoms with Crippen LogP contribution in [0, 0.1) is 0 Å². The van der Waals surface area contributed by atoms with Gasteiger partial charge in [-0.1, -0.05) is 12.8 Å².